The van der Waals surface area contributed by atoms with E-state index in [1.54, 1.807) is 12.1 Å². The fourth-order valence-corrected chi connectivity index (χ4v) is 4.26. The number of nitrogens with zero attached hydrogens (tertiary/aromatic N) is 2. The third kappa shape index (κ3) is 3.78. The molecule has 1 saturated heterocycles. The predicted molar refractivity (Wildman–Crippen MR) is 107 cm³/mol. The molecule has 0 aromatic heterocycles. The Morgan fingerprint density at radius 1 is 1.04 bits per heavy atom. The molecular weight excluding hydrogens is 386 g/mol. The van der Waals surface area contributed by atoms with E-state index in [4.69, 9.17) is 23.2 Å². The minimum absolute atomic E-state index is 0.0250. The van der Waals surface area contributed by atoms with Gasteiger partial charge in [-0.2, -0.15) is 0 Å². The summed E-state index contributed by atoms with van der Waals surface area (Å²) in [4.78, 5) is 17.0. The molecule has 4 rings (SSSR count). The second kappa shape index (κ2) is 7.33. The lowest BCUT2D eigenvalue weighted by Gasteiger charge is -2.37. The van der Waals surface area contributed by atoms with Crippen LogP contribution in [0, 0.1) is 18.7 Å². The zero-order chi connectivity index (χ0) is 19.1. The van der Waals surface area contributed by atoms with E-state index < -0.39 is 0 Å². The molecule has 0 radical (unpaired) electrons. The van der Waals surface area contributed by atoms with Crippen LogP contribution in [0.25, 0.3) is 0 Å². The maximum Gasteiger partial charge on any atom is 0.226 e. The average Bonchev–Trinajstić information content (AvgIpc) is 3.44. The van der Waals surface area contributed by atoms with Crippen molar-refractivity contribution in [1.82, 2.24) is 4.90 Å². The van der Waals surface area contributed by atoms with Crippen LogP contribution in [0.5, 0.6) is 0 Å². The summed E-state index contributed by atoms with van der Waals surface area (Å²) in [6, 6.07) is 10.6. The highest BCUT2D eigenvalue weighted by Crippen LogP contribution is 2.49. The first-order valence-electron chi connectivity index (χ1n) is 9.19. The number of carbonyl (C=O) groups excluding carboxylic acids is 1. The first-order chi connectivity index (χ1) is 12.9. The Bertz CT molecular complexity index is 880. The minimum atomic E-state index is -0.316. The Balaban J connectivity index is 1.38. The summed E-state index contributed by atoms with van der Waals surface area (Å²) >= 11 is 12.0. The van der Waals surface area contributed by atoms with E-state index >= 15 is 0 Å². The Labute approximate surface area is 168 Å². The molecule has 0 N–H and O–H groups in total. The fraction of sp³-hybridized carbons (Fsp3) is 0.381. The minimum Gasteiger partial charge on any atom is -0.368 e. The number of carbonyl (C=O) groups is 1. The van der Waals surface area contributed by atoms with Crippen LogP contribution < -0.4 is 4.90 Å². The van der Waals surface area contributed by atoms with E-state index in [0.717, 1.165) is 23.8 Å². The number of benzene rings is 2. The summed E-state index contributed by atoms with van der Waals surface area (Å²) in [6.07, 6.45) is 0.713. The van der Waals surface area contributed by atoms with Gasteiger partial charge in [-0.3, -0.25) is 4.79 Å². The zero-order valence-corrected chi connectivity index (χ0v) is 16.6. The van der Waals surface area contributed by atoms with Gasteiger partial charge in [0.1, 0.15) is 5.82 Å². The van der Waals surface area contributed by atoms with Gasteiger partial charge in [-0.15, -0.1) is 0 Å². The molecule has 0 bridgehead atoms. The molecule has 2 aromatic carbocycles. The number of hydrogen-bond acceptors (Lipinski definition) is 2. The van der Waals surface area contributed by atoms with Crippen LogP contribution in [0.15, 0.2) is 36.4 Å². The fourth-order valence-electron chi connectivity index (χ4n) is 3.94. The standard InChI is InChI=1S/C21H21Cl2FN2O/c1-13-2-3-15(23)11-20(13)25-6-8-26(9-7-25)21(27)18-12-17(18)16-5-4-14(22)10-19(16)24/h2-5,10-11,17-18H,6-9,12H2,1H3. The molecule has 2 atom stereocenters. The smallest absolute Gasteiger partial charge is 0.226 e. The zero-order valence-electron chi connectivity index (χ0n) is 15.1. The maximum atomic E-state index is 14.1. The SMILES string of the molecule is Cc1ccc(Cl)cc1N1CCN(C(=O)C2CC2c2ccc(Cl)cc2F)CC1. The summed E-state index contributed by atoms with van der Waals surface area (Å²) in [5.41, 5.74) is 2.91. The van der Waals surface area contributed by atoms with Gasteiger partial charge in [0.25, 0.3) is 0 Å². The molecule has 27 heavy (non-hydrogen) atoms. The van der Waals surface area contributed by atoms with Gasteiger partial charge in [0, 0.05) is 47.8 Å². The Morgan fingerprint density at radius 3 is 2.41 bits per heavy atom. The van der Waals surface area contributed by atoms with E-state index in [0.29, 0.717) is 30.1 Å². The van der Waals surface area contributed by atoms with E-state index in [1.165, 1.54) is 11.6 Å². The molecule has 2 unspecified atom stereocenters. The van der Waals surface area contributed by atoms with Crippen LogP contribution in [-0.4, -0.2) is 37.0 Å². The Kier molecular flexibility index (Phi) is 5.04. The van der Waals surface area contributed by atoms with Crippen LogP contribution in [-0.2, 0) is 4.79 Å². The number of hydrogen-bond donors (Lipinski definition) is 0. The second-order valence-corrected chi connectivity index (χ2v) is 8.23. The lowest BCUT2D eigenvalue weighted by molar-refractivity contribution is -0.132. The molecule has 1 heterocycles. The summed E-state index contributed by atoms with van der Waals surface area (Å²) in [5, 5.41) is 1.10. The van der Waals surface area contributed by atoms with Crippen LogP contribution in [0.4, 0.5) is 10.1 Å². The maximum absolute atomic E-state index is 14.1. The van der Waals surface area contributed by atoms with Crippen molar-refractivity contribution < 1.29 is 9.18 Å². The van der Waals surface area contributed by atoms with Crippen LogP contribution in [0.2, 0.25) is 10.0 Å². The summed E-state index contributed by atoms with van der Waals surface area (Å²) in [7, 11) is 0. The van der Waals surface area contributed by atoms with Gasteiger partial charge in [0.15, 0.2) is 0 Å². The normalized spacial score (nSPS) is 22.1. The first kappa shape index (κ1) is 18.6. The molecule has 0 spiro atoms. The molecule has 1 saturated carbocycles. The van der Waals surface area contributed by atoms with Crippen LogP contribution in [0.1, 0.15) is 23.5 Å². The first-order valence-corrected chi connectivity index (χ1v) is 9.94. The number of rotatable bonds is 3. The van der Waals surface area contributed by atoms with E-state index in [-0.39, 0.29) is 23.6 Å². The highest BCUT2D eigenvalue weighted by atomic mass is 35.5. The summed E-state index contributed by atoms with van der Waals surface area (Å²) in [6.45, 7) is 4.98. The van der Waals surface area contributed by atoms with Crippen molar-refractivity contribution in [2.75, 3.05) is 31.1 Å². The third-order valence-electron chi connectivity index (χ3n) is 5.57. The molecule has 2 aromatic rings. The Morgan fingerprint density at radius 2 is 1.70 bits per heavy atom. The molecule has 1 aliphatic heterocycles. The van der Waals surface area contributed by atoms with Gasteiger partial charge in [0.05, 0.1) is 0 Å². The van der Waals surface area contributed by atoms with Crippen molar-refractivity contribution in [3.8, 4) is 0 Å². The van der Waals surface area contributed by atoms with Crippen LogP contribution in [0.3, 0.4) is 0 Å². The molecule has 6 heteroatoms. The predicted octanol–water partition coefficient (Wildman–Crippen LogP) is 4.89. The van der Waals surface area contributed by atoms with Crippen LogP contribution >= 0.6 is 23.2 Å². The van der Waals surface area contributed by atoms with Gasteiger partial charge < -0.3 is 9.80 Å². The van der Waals surface area contributed by atoms with Crippen molar-refractivity contribution in [2.24, 2.45) is 5.92 Å². The molecule has 2 fully saturated rings. The van der Waals surface area contributed by atoms with E-state index in [2.05, 4.69) is 11.8 Å². The largest absolute Gasteiger partial charge is 0.368 e. The van der Waals surface area contributed by atoms with Gasteiger partial charge in [-0.05, 0) is 54.7 Å². The highest BCUT2D eigenvalue weighted by molar-refractivity contribution is 6.31. The molecule has 3 nitrogen and oxygen atoms in total. The van der Waals surface area contributed by atoms with Crippen molar-refractivity contribution in [2.45, 2.75) is 19.3 Å². The van der Waals surface area contributed by atoms with Gasteiger partial charge >= 0.3 is 0 Å². The van der Waals surface area contributed by atoms with Gasteiger partial charge in [-0.1, -0.05) is 35.3 Å². The average molecular weight is 407 g/mol. The summed E-state index contributed by atoms with van der Waals surface area (Å²) < 4.78 is 14.1. The molecular formula is C21H21Cl2FN2O. The molecule has 1 aliphatic carbocycles. The number of anilines is 1. The van der Waals surface area contributed by atoms with E-state index in [9.17, 15) is 9.18 Å². The van der Waals surface area contributed by atoms with Crippen molar-refractivity contribution in [3.63, 3.8) is 0 Å². The van der Waals surface area contributed by atoms with Crippen molar-refractivity contribution in [3.05, 3.63) is 63.4 Å². The topological polar surface area (TPSA) is 23.6 Å². The lowest BCUT2D eigenvalue weighted by Crippen LogP contribution is -2.49. The second-order valence-electron chi connectivity index (χ2n) is 7.36. The molecule has 1 amide bonds. The number of aryl methyl sites for hydroxylation is 1. The quantitative estimate of drug-likeness (QED) is 0.723. The van der Waals surface area contributed by atoms with Gasteiger partial charge in [0.2, 0.25) is 5.91 Å². The number of halogens is 3. The Hall–Kier alpha value is -1.78. The number of amides is 1. The lowest BCUT2D eigenvalue weighted by atomic mass is 10.1. The van der Waals surface area contributed by atoms with Crippen molar-refractivity contribution in [1.29, 1.82) is 0 Å². The third-order valence-corrected chi connectivity index (χ3v) is 6.04. The van der Waals surface area contributed by atoms with Gasteiger partial charge in [-0.25, -0.2) is 4.39 Å². The summed E-state index contributed by atoms with van der Waals surface area (Å²) in [5.74, 6) is -0.316. The van der Waals surface area contributed by atoms with E-state index in [1.807, 2.05) is 23.1 Å². The van der Waals surface area contributed by atoms with Crippen molar-refractivity contribution >= 4 is 34.8 Å². The molecule has 142 valence electrons. The monoisotopic (exact) mass is 406 g/mol. The highest BCUT2D eigenvalue weighted by Gasteiger charge is 2.47. The number of piperazine rings is 1. The molecule has 2 aliphatic rings.